The number of hydrogen-bond acceptors (Lipinski definition) is 1. The van der Waals surface area contributed by atoms with Crippen LogP contribution in [-0.2, 0) is 37.5 Å². The van der Waals surface area contributed by atoms with Crippen molar-refractivity contribution in [2.24, 2.45) is 11.3 Å². The Kier molecular flexibility index (Phi) is 8.43. The van der Waals surface area contributed by atoms with Gasteiger partial charge in [-0.05, 0) is 0 Å². The van der Waals surface area contributed by atoms with Crippen LogP contribution in [0, 0.1) is 24.2 Å². The number of rotatable bonds is 4. The first-order valence-electron chi connectivity index (χ1n) is 4.64. The van der Waals surface area contributed by atoms with Crippen LogP contribution >= 0.6 is 0 Å². The van der Waals surface area contributed by atoms with Crippen molar-refractivity contribution in [3.05, 3.63) is 12.8 Å². The van der Waals surface area contributed by atoms with E-state index in [1.807, 2.05) is 0 Å². The maximum absolute atomic E-state index is 10.5. The molecule has 0 aromatic heterocycles. The third kappa shape index (κ3) is 6.94. The van der Waals surface area contributed by atoms with Gasteiger partial charge in [0.15, 0.2) is 0 Å². The average Bonchev–Trinajstić information content (AvgIpc) is 1.97. The topological polar surface area (TPSA) is 37.3 Å². The van der Waals surface area contributed by atoms with E-state index in [0.29, 0.717) is 6.42 Å². The standard InChI is InChI=1S/C11H20O2.Y/c1-8(10(12)13)6-7-9(2)11(3,4)5;/h8H,1,6-7H2,2-5H3,(H,12,13);/q-2;. The first-order chi connectivity index (χ1) is 5.75. The van der Waals surface area contributed by atoms with E-state index in [-0.39, 0.29) is 38.1 Å². The van der Waals surface area contributed by atoms with Crippen molar-refractivity contribution in [2.75, 3.05) is 0 Å². The summed E-state index contributed by atoms with van der Waals surface area (Å²) in [4.78, 5) is 10.5. The van der Waals surface area contributed by atoms with E-state index >= 15 is 0 Å². The molecule has 0 rings (SSSR count). The van der Waals surface area contributed by atoms with E-state index in [0.717, 1.165) is 6.42 Å². The van der Waals surface area contributed by atoms with Gasteiger partial charge in [-0.25, -0.2) is 0 Å². The van der Waals surface area contributed by atoms with Gasteiger partial charge in [0.1, 0.15) is 0 Å². The zero-order chi connectivity index (χ0) is 10.6. The Morgan fingerprint density at radius 1 is 1.50 bits per heavy atom. The van der Waals surface area contributed by atoms with E-state index < -0.39 is 11.9 Å². The molecule has 14 heavy (non-hydrogen) atoms. The van der Waals surface area contributed by atoms with E-state index in [1.54, 1.807) is 0 Å². The zero-order valence-corrected chi connectivity index (χ0v) is 12.5. The zero-order valence-electron chi connectivity index (χ0n) is 9.63. The molecule has 0 amide bonds. The molecular formula is C11H20O2Y-2. The molecule has 0 fully saturated rings. The molecule has 0 aliphatic rings. The monoisotopic (exact) mass is 273 g/mol. The van der Waals surface area contributed by atoms with Crippen LogP contribution in [0.3, 0.4) is 0 Å². The van der Waals surface area contributed by atoms with Crippen molar-refractivity contribution in [2.45, 2.75) is 40.5 Å². The molecular weight excluding hydrogens is 253 g/mol. The maximum atomic E-state index is 10.5. The van der Waals surface area contributed by atoms with Gasteiger partial charge in [0, 0.05) is 32.7 Å². The summed E-state index contributed by atoms with van der Waals surface area (Å²) in [6.45, 7) is 12.1. The molecule has 0 heterocycles. The smallest absolute Gasteiger partial charge is 0.275 e. The molecule has 1 atom stereocenters. The van der Waals surface area contributed by atoms with Gasteiger partial charge in [0.2, 0.25) is 0 Å². The fourth-order valence-corrected chi connectivity index (χ4v) is 0.889. The third-order valence-corrected chi connectivity index (χ3v) is 2.50. The van der Waals surface area contributed by atoms with Gasteiger partial charge in [-0.1, -0.05) is 33.1 Å². The molecule has 3 heteroatoms. The van der Waals surface area contributed by atoms with Gasteiger partial charge in [0.05, 0.1) is 0 Å². The molecule has 0 saturated carbocycles. The predicted octanol–water partition coefficient (Wildman–Crippen LogP) is 2.94. The third-order valence-electron chi connectivity index (χ3n) is 2.50. The van der Waals surface area contributed by atoms with Crippen LogP contribution in [0.15, 0.2) is 0 Å². The molecule has 1 radical (unpaired) electrons. The predicted molar refractivity (Wildman–Crippen MR) is 54.1 cm³/mol. The van der Waals surface area contributed by atoms with Crippen LogP contribution in [0.5, 0.6) is 0 Å². The molecule has 1 N–H and O–H groups in total. The molecule has 0 bridgehead atoms. The number of hydrogen-bond donors (Lipinski definition) is 1. The van der Waals surface area contributed by atoms with Crippen molar-refractivity contribution >= 4 is 5.97 Å². The Morgan fingerprint density at radius 3 is 2.21 bits per heavy atom. The van der Waals surface area contributed by atoms with Crippen molar-refractivity contribution < 1.29 is 42.6 Å². The van der Waals surface area contributed by atoms with E-state index in [1.165, 1.54) is 5.92 Å². The summed E-state index contributed by atoms with van der Waals surface area (Å²) < 4.78 is 0. The average molecular weight is 273 g/mol. The van der Waals surface area contributed by atoms with Gasteiger partial charge >= 0.3 is 0 Å². The van der Waals surface area contributed by atoms with Gasteiger partial charge < -0.3 is 17.9 Å². The second-order valence-corrected chi connectivity index (χ2v) is 4.60. The molecule has 0 aliphatic heterocycles. The molecule has 2 nitrogen and oxygen atoms in total. The SMILES string of the molecule is [CH2-]C(CC[C-](C)C(C)(C)C)C(=O)O.[Y]. The second-order valence-electron chi connectivity index (χ2n) is 4.60. The Bertz CT molecular complexity index is 173. The minimum absolute atomic E-state index is 0. The normalized spacial score (nSPS) is 13.6. The van der Waals surface area contributed by atoms with Crippen molar-refractivity contribution in [3.63, 3.8) is 0 Å². The Hall–Kier alpha value is 0.574. The molecule has 0 spiro atoms. The van der Waals surface area contributed by atoms with E-state index in [4.69, 9.17) is 5.11 Å². The molecule has 0 aliphatic carbocycles. The van der Waals surface area contributed by atoms with E-state index in [2.05, 4.69) is 34.6 Å². The van der Waals surface area contributed by atoms with Gasteiger partial charge in [0.25, 0.3) is 5.97 Å². The van der Waals surface area contributed by atoms with Gasteiger partial charge in [-0.2, -0.15) is 18.8 Å². The van der Waals surface area contributed by atoms with Crippen LogP contribution in [-0.4, -0.2) is 11.1 Å². The summed E-state index contributed by atoms with van der Waals surface area (Å²) in [7, 11) is 0. The number of carboxylic acids is 1. The van der Waals surface area contributed by atoms with Crippen LogP contribution in [0.2, 0.25) is 0 Å². The summed E-state index contributed by atoms with van der Waals surface area (Å²) >= 11 is 0. The largest absolute Gasteiger partial charge is 0.483 e. The first-order valence-corrected chi connectivity index (χ1v) is 4.64. The molecule has 1 unspecified atom stereocenters. The Morgan fingerprint density at radius 2 is 1.93 bits per heavy atom. The van der Waals surface area contributed by atoms with Crippen LogP contribution in [0.25, 0.3) is 0 Å². The summed E-state index contributed by atoms with van der Waals surface area (Å²) in [5.74, 6) is 0.0569. The fraction of sp³-hybridized carbons (Fsp3) is 0.727. The van der Waals surface area contributed by atoms with Gasteiger partial charge in [-0.15, -0.1) is 0 Å². The molecule has 81 valence electrons. The first kappa shape index (κ1) is 17.0. The minimum atomic E-state index is -0.804. The number of aliphatic carboxylic acids is 1. The van der Waals surface area contributed by atoms with Crippen LogP contribution in [0.4, 0.5) is 0 Å². The number of carboxylic acid groups (broad SMARTS) is 1. The summed E-state index contributed by atoms with van der Waals surface area (Å²) in [5.41, 5.74) is 0.179. The molecule has 0 saturated heterocycles. The Labute approximate surface area is 113 Å². The van der Waals surface area contributed by atoms with Gasteiger partial charge in [-0.3, -0.25) is 4.79 Å². The summed E-state index contributed by atoms with van der Waals surface area (Å²) in [6, 6.07) is 0. The van der Waals surface area contributed by atoms with E-state index in [9.17, 15) is 4.79 Å². The van der Waals surface area contributed by atoms with Crippen LogP contribution < -0.4 is 0 Å². The molecule has 0 aromatic rings. The minimum Gasteiger partial charge on any atom is -0.483 e. The Balaban J connectivity index is 0. The van der Waals surface area contributed by atoms with Crippen LogP contribution in [0.1, 0.15) is 40.5 Å². The fourth-order valence-electron chi connectivity index (χ4n) is 0.889. The number of carbonyl (C=O) groups is 1. The van der Waals surface area contributed by atoms with Crippen molar-refractivity contribution in [1.82, 2.24) is 0 Å². The quantitative estimate of drug-likeness (QED) is 0.800. The van der Waals surface area contributed by atoms with Crippen molar-refractivity contribution in [1.29, 1.82) is 0 Å². The summed E-state index contributed by atoms with van der Waals surface area (Å²) in [6.07, 6.45) is 1.49. The van der Waals surface area contributed by atoms with Crippen molar-refractivity contribution in [3.8, 4) is 0 Å². The second kappa shape index (κ2) is 6.95. The summed E-state index contributed by atoms with van der Waals surface area (Å²) in [5, 5.41) is 8.63. The molecule has 0 aromatic carbocycles. The maximum Gasteiger partial charge on any atom is 0.275 e.